The van der Waals surface area contributed by atoms with Crippen LogP contribution >= 0.6 is 0 Å². The summed E-state index contributed by atoms with van der Waals surface area (Å²) >= 11 is 0. The second-order valence-corrected chi connectivity index (χ2v) is 4.05. The van der Waals surface area contributed by atoms with Crippen molar-refractivity contribution in [1.29, 1.82) is 0 Å². The van der Waals surface area contributed by atoms with E-state index >= 15 is 0 Å². The summed E-state index contributed by atoms with van der Waals surface area (Å²) in [5, 5.41) is 8.39. The second kappa shape index (κ2) is 13.3. The van der Waals surface area contributed by atoms with Gasteiger partial charge in [-0.15, -0.1) is 0 Å². The first kappa shape index (κ1) is 17.9. The molecule has 112 valence electrons. The fourth-order valence-electron chi connectivity index (χ4n) is 1.24. The Labute approximate surface area is 114 Å². The van der Waals surface area contributed by atoms with Crippen LogP contribution in [-0.2, 0) is 23.8 Å². The zero-order valence-electron chi connectivity index (χ0n) is 11.6. The number of esters is 1. The minimum absolute atomic E-state index is 0.0132. The summed E-state index contributed by atoms with van der Waals surface area (Å²) in [6.45, 7) is 4.42. The van der Waals surface area contributed by atoms with Crippen LogP contribution in [0.15, 0.2) is 0 Å². The van der Waals surface area contributed by atoms with E-state index < -0.39 is 5.97 Å². The maximum absolute atomic E-state index is 11.1. The summed E-state index contributed by atoms with van der Waals surface area (Å²) in [6.07, 6.45) is 2.58. The Kier molecular flexibility index (Phi) is 12.5. The lowest BCUT2D eigenvalue weighted by molar-refractivity contribution is -0.145. The molecular formula is C13H24O6. The maximum Gasteiger partial charge on any atom is 0.305 e. The molecule has 1 N–H and O–H groups in total. The number of hydrogen-bond acceptors (Lipinski definition) is 5. The van der Waals surface area contributed by atoms with Gasteiger partial charge in [-0.1, -0.05) is 13.3 Å². The Morgan fingerprint density at radius 3 is 2.16 bits per heavy atom. The van der Waals surface area contributed by atoms with Crippen molar-refractivity contribution in [3.8, 4) is 0 Å². The highest BCUT2D eigenvalue weighted by Crippen LogP contribution is 1.97. The van der Waals surface area contributed by atoms with Crippen LogP contribution in [0.4, 0.5) is 0 Å². The highest BCUT2D eigenvalue weighted by molar-refractivity contribution is 5.71. The number of carbonyl (C=O) groups excluding carboxylic acids is 1. The third-order valence-electron chi connectivity index (χ3n) is 2.28. The molecule has 6 heteroatoms. The predicted molar refractivity (Wildman–Crippen MR) is 69.0 cm³/mol. The Hall–Kier alpha value is -1.14. The van der Waals surface area contributed by atoms with Gasteiger partial charge in [0.15, 0.2) is 0 Å². The van der Waals surface area contributed by atoms with Crippen molar-refractivity contribution in [1.82, 2.24) is 0 Å². The molecule has 0 aromatic carbocycles. The summed E-state index contributed by atoms with van der Waals surface area (Å²) < 4.78 is 15.4. The Morgan fingerprint density at radius 2 is 1.53 bits per heavy atom. The summed E-state index contributed by atoms with van der Waals surface area (Å²) in [7, 11) is 0. The molecule has 0 saturated carbocycles. The Balaban J connectivity index is 3.16. The average molecular weight is 276 g/mol. The van der Waals surface area contributed by atoms with E-state index in [1.807, 2.05) is 0 Å². The molecule has 0 aliphatic rings. The molecule has 0 bridgehead atoms. The minimum atomic E-state index is -0.904. The van der Waals surface area contributed by atoms with E-state index in [0.29, 0.717) is 26.2 Å². The van der Waals surface area contributed by atoms with Gasteiger partial charge in [-0.25, -0.2) is 0 Å². The number of rotatable bonds is 13. The average Bonchev–Trinajstić information content (AvgIpc) is 2.36. The molecule has 0 amide bonds. The lowest BCUT2D eigenvalue weighted by Gasteiger charge is -2.06. The smallest absolute Gasteiger partial charge is 0.305 e. The molecule has 0 unspecified atom stereocenters. The van der Waals surface area contributed by atoms with Gasteiger partial charge < -0.3 is 19.3 Å². The minimum Gasteiger partial charge on any atom is -0.481 e. The lowest BCUT2D eigenvalue weighted by atomic mass is 10.2. The van der Waals surface area contributed by atoms with E-state index in [4.69, 9.17) is 19.3 Å². The van der Waals surface area contributed by atoms with Crippen molar-refractivity contribution < 1.29 is 28.9 Å². The molecule has 0 saturated heterocycles. The standard InChI is InChI=1S/C13H24O6/c1-2-3-7-17-8-9-18-10-11-19-13(16)6-4-5-12(14)15/h2-11H2,1H3,(H,14,15). The predicted octanol–water partition coefficient (Wildman–Crippen LogP) is 1.62. The third kappa shape index (κ3) is 14.8. The number of aliphatic carboxylic acids is 1. The van der Waals surface area contributed by atoms with E-state index in [9.17, 15) is 9.59 Å². The van der Waals surface area contributed by atoms with Crippen LogP contribution in [-0.4, -0.2) is 50.1 Å². The molecule has 0 aromatic rings. The van der Waals surface area contributed by atoms with Crippen molar-refractivity contribution in [2.75, 3.05) is 33.0 Å². The number of ether oxygens (including phenoxy) is 3. The van der Waals surface area contributed by atoms with Crippen LogP contribution in [0.3, 0.4) is 0 Å². The number of carboxylic acid groups (broad SMARTS) is 1. The summed E-state index contributed by atoms with van der Waals surface area (Å²) in [4.78, 5) is 21.4. The van der Waals surface area contributed by atoms with Crippen molar-refractivity contribution >= 4 is 11.9 Å². The van der Waals surface area contributed by atoms with Crippen molar-refractivity contribution in [2.45, 2.75) is 39.0 Å². The highest BCUT2D eigenvalue weighted by Gasteiger charge is 2.04. The fraction of sp³-hybridized carbons (Fsp3) is 0.846. The molecule has 0 atom stereocenters. The molecule has 0 spiro atoms. The van der Waals surface area contributed by atoms with Gasteiger partial charge in [0.2, 0.25) is 0 Å². The normalized spacial score (nSPS) is 10.4. The number of carboxylic acids is 1. The summed E-state index contributed by atoms with van der Waals surface area (Å²) in [5.74, 6) is -1.29. The van der Waals surface area contributed by atoms with Gasteiger partial charge in [-0.2, -0.15) is 0 Å². The number of carbonyl (C=O) groups is 2. The maximum atomic E-state index is 11.1. The van der Waals surface area contributed by atoms with Crippen molar-refractivity contribution in [2.24, 2.45) is 0 Å². The first-order chi connectivity index (χ1) is 9.16. The van der Waals surface area contributed by atoms with E-state index in [1.165, 1.54) is 0 Å². The molecular weight excluding hydrogens is 252 g/mol. The van der Waals surface area contributed by atoms with Crippen LogP contribution in [0.5, 0.6) is 0 Å². The lowest BCUT2D eigenvalue weighted by Crippen LogP contribution is -2.13. The topological polar surface area (TPSA) is 82.1 Å². The quantitative estimate of drug-likeness (QED) is 0.406. The van der Waals surface area contributed by atoms with Crippen LogP contribution in [0.1, 0.15) is 39.0 Å². The first-order valence-electron chi connectivity index (χ1n) is 6.69. The molecule has 0 fully saturated rings. The second-order valence-electron chi connectivity index (χ2n) is 4.05. The molecule has 6 nitrogen and oxygen atoms in total. The largest absolute Gasteiger partial charge is 0.481 e. The first-order valence-corrected chi connectivity index (χ1v) is 6.69. The third-order valence-corrected chi connectivity index (χ3v) is 2.28. The number of unbranched alkanes of at least 4 members (excludes halogenated alkanes) is 1. The van der Waals surface area contributed by atoms with Crippen LogP contribution in [0, 0.1) is 0 Å². The SMILES string of the molecule is CCCCOCCOCCOC(=O)CCCC(=O)O. The fourth-order valence-corrected chi connectivity index (χ4v) is 1.24. The van der Waals surface area contributed by atoms with Gasteiger partial charge in [0.25, 0.3) is 0 Å². The van der Waals surface area contributed by atoms with E-state index in [2.05, 4.69) is 6.92 Å². The number of hydrogen-bond donors (Lipinski definition) is 1. The molecule has 0 aliphatic carbocycles. The highest BCUT2D eigenvalue weighted by atomic mass is 16.6. The van der Waals surface area contributed by atoms with Crippen LogP contribution < -0.4 is 0 Å². The molecule has 0 radical (unpaired) electrons. The summed E-state index contributed by atoms with van der Waals surface area (Å²) in [6, 6.07) is 0. The summed E-state index contributed by atoms with van der Waals surface area (Å²) in [5.41, 5.74) is 0. The zero-order valence-corrected chi connectivity index (χ0v) is 11.6. The zero-order chi connectivity index (χ0) is 14.3. The molecule has 0 rings (SSSR count). The van der Waals surface area contributed by atoms with Crippen molar-refractivity contribution in [3.63, 3.8) is 0 Å². The van der Waals surface area contributed by atoms with Crippen LogP contribution in [0.25, 0.3) is 0 Å². The van der Waals surface area contributed by atoms with E-state index in [1.54, 1.807) is 0 Å². The van der Waals surface area contributed by atoms with Gasteiger partial charge in [-0.05, 0) is 12.8 Å². The molecule has 0 aliphatic heterocycles. The van der Waals surface area contributed by atoms with Gasteiger partial charge in [0.1, 0.15) is 6.61 Å². The van der Waals surface area contributed by atoms with E-state index in [-0.39, 0.29) is 25.4 Å². The Morgan fingerprint density at radius 1 is 0.895 bits per heavy atom. The van der Waals surface area contributed by atoms with Crippen molar-refractivity contribution in [3.05, 3.63) is 0 Å². The van der Waals surface area contributed by atoms with Crippen LogP contribution in [0.2, 0.25) is 0 Å². The van der Waals surface area contributed by atoms with Gasteiger partial charge in [0.05, 0.1) is 19.8 Å². The van der Waals surface area contributed by atoms with Gasteiger partial charge in [-0.3, -0.25) is 9.59 Å². The monoisotopic (exact) mass is 276 g/mol. The van der Waals surface area contributed by atoms with Gasteiger partial charge >= 0.3 is 11.9 Å². The molecule has 0 aromatic heterocycles. The Bertz CT molecular complexity index is 241. The molecule has 19 heavy (non-hydrogen) atoms. The van der Waals surface area contributed by atoms with Gasteiger partial charge in [0, 0.05) is 19.4 Å². The van der Waals surface area contributed by atoms with E-state index in [0.717, 1.165) is 19.4 Å². The molecule has 0 heterocycles.